The molecule has 0 aliphatic carbocycles. The van der Waals surface area contributed by atoms with Gasteiger partial charge in [0.15, 0.2) is 5.03 Å². The number of nitrogens with two attached hydrogens (primary N) is 1. The Hall–Kier alpha value is -2.02. The first kappa shape index (κ1) is 12.4. The van der Waals surface area contributed by atoms with E-state index in [1.807, 2.05) is 0 Å². The minimum Gasteiger partial charge on any atom is -0.399 e. The number of anilines is 2. The first-order valence-electron chi connectivity index (χ1n) is 5.23. The fourth-order valence-corrected chi connectivity index (χ4v) is 2.65. The van der Waals surface area contributed by atoms with E-state index >= 15 is 0 Å². The Morgan fingerprint density at radius 2 is 1.89 bits per heavy atom. The van der Waals surface area contributed by atoms with Gasteiger partial charge >= 0.3 is 0 Å². The minimum absolute atomic E-state index is 0.0179. The van der Waals surface area contributed by atoms with Gasteiger partial charge in [-0.15, -0.1) is 0 Å². The van der Waals surface area contributed by atoms with E-state index in [9.17, 15) is 8.42 Å². The van der Waals surface area contributed by atoms with Crippen molar-refractivity contribution in [3.8, 4) is 0 Å². The second-order valence-corrected chi connectivity index (χ2v) is 5.86. The van der Waals surface area contributed by atoms with Gasteiger partial charge in [-0.3, -0.25) is 4.31 Å². The molecule has 0 aliphatic heterocycles. The van der Waals surface area contributed by atoms with Crippen molar-refractivity contribution in [1.82, 2.24) is 9.55 Å². The van der Waals surface area contributed by atoms with E-state index in [1.165, 1.54) is 23.9 Å². The maximum atomic E-state index is 12.2. The molecule has 2 aromatic rings. The van der Waals surface area contributed by atoms with Gasteiger partial charge in [0.25, 0.3) is 10.0 Å². The van der Waals surface area contributed by atoms with Gasteiger partial charge in [0.1, 0.15) is 0 Å². The van der Waals surface area contributed by atoms with Gasteiger partial charge in [-0.2, -0.15) is 8.42 Å². The van der Waals surface area contributed by atoms with Crippen molar-refractivity contribution in [3.63, 3.8) is 0 Å². The first-order valence-corrected chi connectivity index (χ1v) is 6.68. The zero-order chi connectivity index (χ0) is 13.3. The lowest BCUT2D eigenvalue weighted by Gasteiger charge is -2.17. The van der Waals surface area contributed by atoms with E-state index in [0.29, 0.717) is 11.4 Å². The van der Waals surface area contributed by atoms with Gasteiger partial charge in [-0.25, -0.2) is 4.98 Å². The zero-order valence-electron chi connectivity index (χ0n) is 10.1. The summed E-state index contributed by atoms with van der Waals surface area (Å²) in [5.74, 6) is 0. The molecule has 0 saturated carbocycles. The van der Waals surface area contributed by atoms with Gasteiger partial charge in [0.2, 0.25) is 0 Å². The van der Waals surface area contributed by atoms with Crippen LogP contribution >= 0.6 is 0 Å². The highest BCUT2D eigenvalue weighted by Crippen LogP contribution is 2.21. The van der Waals surface area contributed by atoms with E-state index in [4.69, 9.17) is 5.73 Å². The third-order valence-electron chi connectivity index (χ3n) is 2.56. The third kappa shape index (κ3) is 2.17. The maximum Gasteiger partial charge on any atom is 0.283 e. The molecular weight excluding hydrogens is 252 g/mol. The molecule has 0 amide bonds. The first-order chi connectivity index (χ1) is 8.41. The lowest BCUT2D eigenvalue weighted by atomic mass is 10.3. The summed E-state index contributed by atoms with van der Waals surface area (Å²) < 4.78 is 27.3. The largest absolute Gasteiger partial charge is 0.399 e. The Balaban J connectivity index is 2.39. The lowest BCUT2D eigenvalue weighted by Crippen LogP contribution is -2.26. The van der Waals surface area contributed by atoms with Crippen molar-refractivity contribution in [2.24, 2.45) is 7.05 Å². The van der Waals surface area contributed by atoms with Gasteiger partial charge in [-0.1, -0.05) is 0 Å². The number of rotatable bonds is 3. The highest BCUT2D eigenvalue weighted by Gasteiger charge is 2.23. The molecule has 0 unspecified atom stereocenters. The Labute approximate surface area is 106 Å². The van der Waals surface area contributed by atoms with E-state index in [0.717, 1.165) is 0 Å². The van der Waals surface area contributed by atoms with Crippen LogP contribution in [-0.2, 0) is 17.1 Å². The van der Waals surface area contributed by atoms with Gasteiger partial charge in [0, 0.05) is 26.0 Å². The standard InChI is InChI=1S/C11H14N4O2S/c1-14-7-11(13-8-14)18(16,17)15(2)10-5-3-9(12)4-6-10/h3-8H,12H2,1-2H3. The molecule has 6 nitrogen and oxygen atoms in total. The van der Waals surface area contributed by atoms with Crippen molar-refractivity contribution >= 4 is 21.4 Å². The van der Waals surface area contributed by atoms with Crippen molar-refractivity contribution in [2.45, 2.75) is 5.03 Å². The molecule has 0 bridgehead atoms. The maximum absolute atomic E-state index is 12.2. The number of aryl methyl sites for hydroxylation is 1. The topological polar surface area (TPSA) is 81.2 Å². The lowest BCUT2D eigenvalue weighted by molar-refractivity contribution is 0.591. The van der Waals surface area contributed by atoms with E-state index in [2.05, 4.69) is 4.98 Å². The molecular formula is C11H14N4O2S. The van der Waals surface area contributed by atoms with Crippen LogP contribution in [-0.4, -0.2) is 25.0 Å². The molecule has 1 aromatic heterocycles. The average Bonchev–Trinajstić information content (AvgIpc) is 2.76. The molecule has 96 valence electrons. The highest BCUT2D eigenvalue weighted by atomic mass is 32.2. The van der Waals surface area contributed by atoms with Crippen molar-refractivity contribution in [1.29, 1.82) is 0 Å². The van der Waals surface area contributed by atoms with E-state index in [-0.39, 0.29) is 5.03 Å². The predicted molar refractivity (Wildman–Crippen MR) is 69.7 cm³/mol. The summed E-state index contributed by atoms with van der Waals surface area (Å²) in [7, 11) is -0.424. The summed E-state index contributed by atoms with van der Waals surface area (Å²) >= 11 is 0. The third-order valence-corrected chi connectivity index (χ3v) is 4.23. The fourth-order valence-electron chi connectivity index (χ4n) is 1.49. The van der Waals surface area contributed by atoms with Crippen LogP contribution in [0.15, 0.2) is 41.8 Å². The van der Waals surface area contributed by atoms with Crippen LogP contribution in [0.5, 0.6) is 0 Å². The number of imidazole rings is 1. The number of sulfonamides is 1. The van der Waals surface area contributed by atoms with Crippen LogP contribution in [0.3, 0.4) is 0 Å². The molecule has 1 aromatic carbocycles. The van der Waals surface area contributed by atoms with E-state index in [1.54, 1.807) is 35.9 Å². The summed E-state index contributed by atoms with van der Waals surface area (Å²) in [5, 5.41) is 0.0179. The Morgan fingerprint density at radius 1 is 1.28 bits per heavy atom. The molecule has 1 heterocycles. The molecule has 2 rings (SSSR count). The monoisotopic (exact) mass is 266 g/mol. The van der Waals surface area contributed by atoms with Gasteiger partial charge in [0.05, 0.1) is 12.0 Å². The summed E-state index contributed by atoms with van der Waals surface area (Å²) in [5.41, 5.74) is 6.69. The van der Waals surface area contributed by atoms with E-state index < -0.39 is 10.0 Å². The summed E-state index contributed by atoms with van der Waals surface area (Å²) in [6, 6.07) is 6.60. The van der Waals surface area contributed by atoms with Crippen molar-refractivity contribution < 1.29 is 8.42 Å². The molecule has 0 spiro atoms. The predicted octanol–water partition coefficient (Wildman–Crippen LogP) is 0.827. The second-order valence-electron chi connectivity index (χ2n) is 3.94. The fraction of sp³-hybridized carbons (Fsp3) is 0.182. The summed E-state index contributed by atoms with van der Waals surface area (Å²) in [6.07, 6.45) is 2.91. The van der Waals surface area contributed by atoms with Crippen LogP contribution in [0.4, 0.5) is 11.4 Å². The molecule has 0 atom stereocenters. The van der Waals surface area contributed by atoms with Crippen molar-refractivity contribution in [3.05, 3.63) is 36.8 Å². The van der Waals surface area contributed by atoms with Crippen LogP contribution in [0.1, 0.15) is 0 Å². The Bertz CT molecular complexity index is 646. The molecule has 2 N–H and O–H groups in total. The average molecular weight is 266 g/mol. The number of hydrogen-bond donors (Lipinski definition) is 1. The van der Waals surface area contributed by atoms with Crippen LogP contribution in [0, 0.1) is 0 Å². The normalized spacial score (nSPS) is 11.4. The number of benzene rings is 1. The number of hydrogen-bond acceptors (Lipinski definition) is 4. The molecule has 0 fully saturated rings. The Kier molecular flexibility index (Phi) is 3.00. The highest BCUT2D eigenvalue weighted by molar-refractivity contribution is 7.92. The second kappa shape index (κ2) is 4.34. The molecule has 7 heteroatoms. The van der Waals surface area contributed by atoms with Crippen molar-refractivity contribution in [2.75, 3.05) is 17.1 Å². The molecule has 0 saturated heterocycles. The Morgan fingerprint density at radius 3 is 2.39 bits per heavy atom. The summed E-state index contributed by atoms with van der Waals surface area (Å²) in [4.78, 5) is 3.86. The SMILES string of the molecule is CN(c1ccc(N)cc1)S(=O)(=O)c1cn(C)cn1. The van der Waals surface area contributed by atoms with Crippen LogP contribution in [0.25, 0.3) is 0 Å². The smallest absolute Gasteiger partial charge is 0.283 e. The number of nitrogen functional groups attached to an aromatic ring is 1. The van der Waals surface area contributed by atoms with Gasteiger partial charge in [-0.05, 0) is 24.3 Å². The minimum atomic E-state index is -3.62. The molecule has 0 aliphatic rings. The number of aromatic nitrogens is 2. The van der Waals surface area contributed by atoms with Crippen LogP contribution in [0.2, 0.25) is 0 Å². The number of nitrogens with zero attached hydrogens (tertiary/aromatic N) is 3. The van der Waals surface area contributed by atoms with Crippen LogP contribution < -0.4 is 10.0 Å². The summed E-state index contributed by atoms with van der Waals surface area (Å²) in [6.45, 7) is 0. The molecule has 0 radical (unpaired) electrons. The quantitative estimate of drug-likeness (QED) is 0.834. The zero-order valence-corrected chi connectivity index (χ0v) is 10.9. The molecule has 18 heavy (non-hydrogen) atoms. The van der Waals surface area contributed by atoms with Gasteiger partial charge < -0.3 is 10.3 Å².